The van der Waals surface area contributed by atoms with E-state index in [1.807, 2.05) is 6.92 Å². The van der Waals surface area contributed by atoms with E-state index in [4.69, 9.17) is 0 Å². The standard InChI is InChI=1S/C8H14N2O2/c1-3-4-9-6-5-7(11)10(2)8(6)12/h6,9H,3-5H2,1-2H3/t6-/m1/s1. The number of nitrogens with zero attached hydrogens (tertiary/aromatic N) is 1. The van der Waals surface area contributed by atoms with Crippen LogP contribution in [0.3, 0.4) is 0 Å². The molecule has 1 saturated heterocycles. The second kappa shape index (κ2) is 3.67. The van der Waals surface area contributed by atoms with E-state index < -0.39 is 0 Å². The average Bonchev–Trinajstić information content (AvgIpc) is 2.30. The van der Waals surface area contributed by atoms with Gasteiger partial charge in [-0.1, -0.05) is 6.92 Å². The normalized spacial score (nSPS) is 23.8. The number of hydrogen-bond donors (Lipinski definition) is 1. The highest BCUT2D eigenvalue weighted by molar-refractivity contribution is 6.05. The monoisotopic (exact) mass is 170 g/mol. The molecule has 0 unspecified atom stereocenters. The number of rotatable bonds is 3. The molecule has 0 bridgehead atoms. The Morgan fingerprint density at radius 1 is 1.58 bits per heavy atom. The van der Waals surface area contributed by atoms with Crippen LogP contribution in [0.2, 0.25) is 0 Å². The maximum Gasteiger partial charge on any atom is 0.246 e. The van der Waals surface area contributed by atoms with E-state index in [-0.39, 0.29) is 17.9 Å². The van der Waals surface area contributed by atoms with Crippen molar-refractivity contribution >= 4 is 11.8 Å². The van der Waals surface area contributed by atoms with Crippen molar-refractivity contribution in [3.05, 3.63) is 0 Å². The van der Waals surface area contributed by atoms with Gasteiger partial charge in [0, 0.05) is 7.05 Å². The highest BCUT2D eigenvalue weighted by atomic mass is 16.2. The zero-order valence-electron chi connectivity index (χ0n) is 7.46. The summed E-state index contributed by atoms with van der Waals surface area (Å²) in [6, 6.07) is -0.276. The number of amides is 2. The second-order valence-electron chi connectivity index (χ2n) is 3.00. The van der Waals surface area contributed by atoms with Crippen LogP contribution < -0.4 is 5.32 Å². The van der Waals surface area contributed by atoms with E-state index in [1.54, 1.807) is 0 Å². The molecule has 0 spiro atoms. The highest BCUT2D eigenvalue weighted by Gasteiger charge is 2.35. The fourth-order valence-electron chi connectivity index (χ4n) is 1.23. The van der Waals surface area contributed by atoms with Gasteiger partial charge in [0.2, 0.25) is 11.8 Å². The maximum atomic E-state index is 11.3. The topological polar surface area (TPSA) is 49.4 Å². The molecule has 1 atom stereocenters. The minimum atomic E-state index is -0.276. The van der Waals surface area contributed by atoms with Gasteiger partial charge in [0.1, 0.15) is 0 Å². The lowest BCUT2D eigenvalue weighted by atomic mass is 10.2. The number of imide groups is 1. The zero-order chi connectivity index (χ0) is 9.14. The minimum absolute atomic E-state index is 0.0893. The molecular formula is C8H14N2O2. The summed E-state index contributed by atoms with van der Waals surface area (Å²) in [6.07, 6.45) is 1.29. The molecule has 0 radical (unpaired) electrons. The van der Waals surface area contributed by atoms with Crippen LogP contribution in [0.15, 0.2) is 0 Å². The summed E-state index contributed by atoms with van der Waals surface area (Å²) < 4.78 is 0. The molecule has 0 aromatic heterocycles. The van der Waals surface area contributed by atoms with Crippen molar-refractivity contribution in [1.82, 2.24) is 10.2 Å². The molecule has 0 saturated carbocycles. The van der Waals surface area contributed by atoms with Crippen LogP contribution in [-0.4, -0.2) is 36.3 Å². The summed E-state index contributed by atoms with van der Waals surface area (Å²) in [5.74, 6) is -0.193. The van der Waals surface area contributed by atoms with Crippen LogP contribution in [-0.2, 0) is 9.59 Å². The van der Waals surface area contributed by atoms with E-state index >= 15 is 0 Å². The van der Waals surface area contributed by atoms with Crippen LogP contribution in [0.25, 0.3) is 0 Å². The lowest BCUT2D eigenvalue weighted by Crippen LogP contribution is -2.37. The van der Waals surface area contributed by atoms with Crippen molar-refractivity contribution in [2.45, 2.75) is 25.8 Å². The minimum Gasteiger partial charge on any atom is -0.305 e. The fourth-order valence-corrected chi connectivity index (χ4v) is 1.23. The highest BCUT2D eigenvalue weighted by Crippen LogP contribution is 2.09. The van der Waals surface area contributed by atoms with E-state index in [0.29, 0.717) is 6.42 Å². The first-order valence-corrected chi connectivity index (χ1v) is 4.20. The summed E-state index contributed by atoms with van der Waals surface area (Å²) in [5.41, 5.74) is 0. The molecule has 68 valence electrons. The van der Waals surface area contributed by atoms with Crippen LogP contribution in [0, 0.1) is 0 Å². The molecule has 4 nitrogen and oxygen atoms in total. The molecule has 4 heteroatoms. The van der Waals surface area contributed by atoms with E-state index in [2.05, 4.69) is 5.32 Å². The van der Waals surface area contributed by atoms with Gasteiger partial charge < -0.3 is 5.32 Å². The summed E-state index contributed by atoms with van der Waals surface area (Å²) in [7, 11) is 1.53. The van der Waals surface area contributed by atoms with Gasteiger partial charge in [0.05, 0.1) is 12.5 Å². The van der Waals surface area contributed by atoms with Crippen LogP contribution in [0.4, 0.5) is 0 Å². The lowest BCUT2D eigenvalue weighted by molar-refractivity contribution is -0.137. The number of nitrogens with one attached hydrogen (secondary N) is 1. The largest absolute Gasteiger partial charge is 0.305 e. The third-order valence-corrected chi connectivity index (χ3v) is 2.02. The van der Waals surface area contributed by atoms with E-state index in [0.717, 1.165) is 13.0 Å². The molecule has 12 heavy (non-hydrogen) atoms. The molecule has 0 aliphatic carbocycles. The van der Waals surface area contributed by atoms with Gasteiger partial charge in [-0.2, -0.15) is 0 Å². The first-order chi connectivity index (χ1) is 5.66. The van der Waals surface area contributed by atoms with Crippen LogP contribution in [0.1, 0.15) is 19.8 Å². The quantitative estimate of drug-likeness (QED) is 0.594. The molecule has 0 aromatic carbocycles. The van der Waals surface area contributed by atoms with Crippen molar-refractivity contribution in [1.29, 1.82) is 0 Å². The molecule has 0 aromatic rings. The first-order valence-electron chi connectivity index (χ1n) is 4.20. The van der Waals surface area contributed by atoms with Crippen molar-refractivity contribution in [3.63, 3.8) is 0 Å². The third-order valence-electron chi connectivity index (χ3n) is 2.02. The molecule has 1 rings (SSSR count). The van der Waals surface area contributed by atoms with Crippen LogP contribution >= 0.6 is 0 Å². The van der Waals surface area contributed by atoms with Gasteiger partial charge in [0.15, 0.2) is 0 Å². The number of likely N-dealkylation sites (tertiary alicyclic amines) is 1. The lowest BCUT2D eigenvalue weighted by Gasteiger charge is -2.09. The summed E-state index contributed by atoms with van der Waals surface area (Å²) in [6.45, 7) is 2.81. The Labute approximate surface area is 71.9 Å². The number of carbonyl (C=O) groups excluding carboxylic acids is 2. The third kappa shape index (κ3) is 1.64. The van der Waals surface area contributed by atoms with Crippen LogP contribution in [0.5, 0.6) is 0 Å². The Hall–Kier alpha value is -0.900. The van der Waals surface area contributed by atoms with Gasteiger partial charge in [0.25, 0.3) is 0 Å². The molecular weight excluding hydrogens is 156 g/mol. The predicted octanol–water partition coefficient (Wildman–Crippen LogP) is -0.257. The first kappa shape index (κ1) is 9.19. The summed E-state index contributed by atoms with van der Waals surface area (Å²) >= 11 is 0. The average molecular weight is 170 g/mol. The maximum absolute atomic E-state index is 11.3. The van der Waals surface area contributed by atoms with Crippen molar-refractivity contribution in [3.8, 4) is 0 Å². The zero-order valence-corrected chi connectivity index (χ0v) is 7.46. The van der Waals surface area contributed by atoms with Gasteiger partial charge in [-0.3, -0.25) is 14.5 Å². The second-order valence-corrected chi connectivity index (χ2v) is 3.00. The van der Waals surface area contributed by atoms with Gasteiger partial charge in [-0.15, -0.1) is 0 Å². The molecule has 1 aliphatic heterocycles. The van der Waals surface area contributed by atoms with Gasteiger partial charge >= 0.3 is 0 Å². The van der Waals surface area contributed by atoms with Gasteiger partial charge in [-0.05, 0) is 13.0 Å². The molecule has 1 N–H and O–H groups in total. The number of carbonyl (C=O) groups is 2. The Balaban J connectivity index is 2.47. The van der Waals surface area contributed by atoms with Crippen molar-refractivity contribution in [2.24, 2.45) is 0 Å². The van der Waals surface area contributed by atoms with E-state index in [1.165, 1.54) is 11.9 Å². The Morgan fingerprint density at radius 2 is 2.25 bits per heavy atom. The Bertz CT molecular complexity index is 203. The van der Waals surface area contributed by atoms with Crippen molar-refractivity contribution < 1.29 is 9.59 Å². The fraction of sp³-hybridized carbons (Fsp3) is 0.750. The Kier molecular flexibility index (Phi) is 2.81. The predicted molar refractivity (Wildman–Crippen MR) is 44.5 cm³/mol. The number of hydrogen-bond acceptors (Lipinski definition) is 3. The number of likely N-dealkylation sites (N-methyl/N-ethyl adjacent to an activating group) is 1. The smallest absolute Gasteiger partial charge is 0.246 e. The Morgan fingerprint density at radius 3 is 2.67 bits per heavy atom. The van der Waals surface area contributed by atoms with Gasteiger partial charge in [-0.25, -0.2) is 0 Å². The molecule has 1 aliphatic rings. The SMILES string of the molecule is CCCN[C@@H]1CC(=O)N(C)C1=O. The van der Waals surface area contributed by atoms with E-state index in [9.17, 15) is 9.59 Å². The molecule has 2 amide bonds. The molecule has 1 heterocycles. The van der Waals surface area contributed by atoms with Crippen molar-refractivity contribution in [2.75, 3.05) is 13.6 Å². The molecule has 1 fully saturated rings. The summed E-state index contributed by atoms with van der Waals surface area (Å²) in [4.78, 5) is 23.5. The summed E-state index contributed by atoms with van der Waals surface area (Å²) in [5, 5.41) is 3.03.